The number of ether oxygens (including phenoxy) is 1. The molecule has 17 heteroatoms. The van der Waals surface area contributed by atoms with Crippen molar-refractivity contribution in [2.45, 2.75) is 119 Å². The Bertz CT molecular complexity index is 2520. The smallest absolute Gasteiger partial charge is 0.416 e. The van der Waals surface area contributed by atoms with Crippen molar-refractivity contribution in [1.29, 1.82) is 0 Å². The number of sulfonamides is 1. The third kappa shape index (κ3) is 8.51. The van der Waals surface area contributed by atoms with Crippen molar-refractivity contribution in [3.05, 3.63) is 90.3 Å². The van der Waals surface area contributed by atoms with E-state index >= 15 is 0 Å². The molecule has 8 rings (SSSR count). The number of hydrogen-bond donors (Lipinski definition) is 3. The first-order chi connectivity index (χ1) is 29.4. The molecule has 4 aromatic rings. The summed E-state index contributed by atoms with van der Waals surface area (Å²) in [6.07, 6.45) is 2.64. The molecule has 4 aliphatic rings. The highest BCUT2D eigenvalue weighted by Crippen LogP contribution is 2.48. The van der Waals surface area contributed by atoms with Gasteiger partial charge in [-0.15, -0.1) is 0 Å². The highest BCUT2D eigenvalue weighted by molar-refractivity contribution is 7.91. The summed E-state index contributed by atoms with van der Waals surface area (Å²) >= 11 is 0. The molecule has 3 N–H and O–H groups in total. The van der Waals surface area contributed by atoms with Crippen LogP contribution in [-0.2, 0) is 30.6 Å². The molecule has 1 saturated heterocycles. The van der Waals surface area contributed by atoms with Crippen LogP contribution < -0.4 is 20.1 Å². The van der Waals surface area contributed by atoms with Gasteiger partial charge in [0, 0.05) is 29.6 Å². The second-order valence-corrected chi connectivity index (χ2v) is 19.7. The van der Waals surface area contributed by atoms with Gasteiger partial charge in [-0.1, -0.05) is 55.3 Å². The van der Waals surface area contributed by atoms with Gasteiger partial charge in [-0.25, -0.2) is 12.8 Å². The number of carbonyl (C=O) groups is 3. The van der Waals surface area contributed by atoms with Crippen LogP contribution in [0, 0.1) is 11.7 Å². The van der Waals surface area contributed by atoms with Crippen LogP contribution >= 0.6 is 0 Å². The molecule has 12 nitrogen and oxygen atoms in total. The number of benzene rings is 3. The first kappa shape index (κ1) is 43.2. The normalized spacial score (nSPS) is 25.3. The number of fused-ring (bicyclic) bond motifs is 3. The molecule has 1 aromatic heterocycles. The van der Waals surface area contributed by atoms with Crippen LogP contribution in [0.2, 0.25) is 0 Å². The van der Waals surface area contributed by atoms with Gasteiger partial charge in [-0.05, 0) is 101 Å². The molecule has 330 valence electrons. The fourth-order valence-corrected chi connectivity index (χ4v) is 9.96. The summed E-state index contributed by atoms with van der Waals surface area (Å²) in [5, 5.41) is 6.26. The molecule has 2 aliphatic heterocycles. The Hall–Kier alpha value is -5.45. The summed E-state index contributed by atoms with van der Waals surface area (Å²) in [4.78, 5) is 49.6. The van der Waals surface area contributed by atoms with Crippen molar-refractivity contribution in [1.82, 2.24) is 24.5 Å². The minimum atomic E-state index is -4.79. The molecular weight excluding hydrogens is 829 g/mol. The Labute approximate surface area is 357 Å². The van der Waals surface area contributed by atoms with Crippen molar-refractivity contribution < 1.29 is 45.1 Å². The number of halogens is 4. The number of rotatable bonds is 9. The molecule has 3 amide bonds. The zero-order valence-electron chi connectivity index (χ0n) is 34.7. The Morgan fingerprint density at radius 2 is 1.77 bits per heavy atom. The molecule has 0 radical (unpaired) electrons. The zero-order chi connectivity index (χ0) is 44.2. The van der Waals surface area contributed by atoms with E-state index in [1.54, 1.807) is 29.7 Å². The van der Waals surface area contributed by atoms with E-state index in [2.05, 4.69) is 15.4 Å². The van der Waals surface area contributed by atoms with Crippen molar-refractivity contribution in [2.75, 3.05) is 11.9 Å². The lowest BCUT2D eigenvalue weighted by molar-refractivity contribution is -0.140. The summed E-state index contributed by atoms with van der Waals surface area (Å²) in [5.41, 5.74) is -1.01. The molecule has 3 fully saturated rings. The Morgan fingerprint density at radius 3 is 2.48 bits per heavy atom. The second-order valence-electron chi connectivity index (χ2n) is 17.5. The van der Waals surface area contributed by atoms with Crippen LogP contribution in [0.1, 0.15) is 90.2 Å². The maximum atomic E-state index is 14.8. The van der Waals surface area contributed by atoms with Crippen LogP contribution in [0.4, 0.5) is 23.2 Å². The first-order valence-electron chi connectivity index (χ1n) is 21.1. The molecule has 3 heterocycles. The molecule has 5 atom stereocenters. The van der Waals surface area contributed by atoms with E-state index in [1.165, 1.54) is 4.90 Å². The van der Waals surface area contributed by atoms with Gasteiger partial charge >= 0.3 is 6.18 Å². The monoisotopic (exact) mass is 878 g/mol. The molecule has 3 aromatic carbocycles. The summed E-state index contributed by atoms with van der Waals surface area (Å²) in [6.45, 7) is 5.25. The number of alkyl halides is 3. The van der Waals surface area contributed by atoms with Crippen LogP contribution in [0.15, 0.2) is 78.9 Å². The molecule has 0 unspecified atom stereocenters. The predicted molar refractivity (Wildman–Crippen MR) is 225 cm³/mol. The first-order valence-corrected chi connectivity index (χ1v) is 22.6. The van der Waals surface area contributed by atoms with Crippen molar-refractivity contribution >= 4 is 44.5 Å². The maximum absolute atomic E-state index is 14.8. The average molecular weight is 879 g/mol. The number of para-hydroxylation sites is 2. The van der Waals surface area contributed by atoms with Gasteiger partial charge in [0.05, 0.1) is 22.4 Å². The molecule has 0 spiro atoms. The summed E-state index contributed by atoms with van der Waals surface area (Å²) < 4.78 is 91.9. The number of hydrogen-bond acceptors (Lipinski definition) is 8. The van der Waals surface area contributed by atoms with Crippen molar-refractivity contribution in [2.24, 2.45) is 5.92 Å². The zero-order valence-corrected chi connectivity index (χ0v) is 35.5. The highest BCUT2D eigenvalue weighted by atomic mass is 32.2. The van der Waals surface area contributed by atoms with Crippen molar-refractivity contribution in [3.63, 3.8) is 0 Å². The lowest BCUT2D eigenvalue weighted by atomic mass is 10.0. The predicted octanol–water partition coefficient (Wildman–Crippen LogP) is 7.66. The Balaban J connectivity index is 1.14. The van der Waals surface area contributed by atoms with Gasteiger partial charge in [-0.3, -0.25) is 23.7 Å². The summed E-state index contributed by atoms with van der Waals surface area (Å²) in [6, 6.07) is 14.4. The highest BCUT2D eigenvalue weighted by Gasteiger charge is 2.63. The number of nitrogens with one attached hydrogen (secondary N) is 3. The van der Waals surface area contributed by atoms with Gasteiger partial charge in [0.15, 0.2) is 0 Å². The molecule has 2 aliphatic carbocycles. The van der Waals surface area contributed by atoms with E-state index in [4.69, 9.17) is 9.72 Å². The minimum absolute atomic E-state index is 0.0286. The van der Waals surface area contributed by atoms with Gasteiger partial charge in [0.25, 0.3) is 11.9 Å². The van der Waals surface area contributed by atoms with Gasteiger partial charge in [0.2, 0.25) is 21.8 Å². The topological polar surface area (TPSA) is 152 Å². The fourth-order valence-electron chi connectivity index (χ4n) is 8.65. The standard InChI is InChI=1S/C45H50F4N6O6S/c1-27(2)55-36-18-12-16-34(28-21-30(45(47,48)49)23-31(46)22-28)38(36)51-42(55)61-33-24-37-39(56)52-44(41(58)53-62(59,60)43(3)19-20-43)25-29(44)13-8-5-4-6-11-17-35(40(57)54(37)26-33)50-32-14-9-7-10-15-32/h7-10,12-16,18,21-23,27,29,33,35,37,50H,4-6,11,17,19-20,24-26H2,1-3H3,(H,52,56)(H,53,58)/t29-,33-,35+,37+,44-/m1/s1. The van der Waals surface area contributed by atoms with Gasteiger partial charge in [0.1, 0.15) is 35.1 Å². The molecule has 0 bridgehead atoms. The lowest BCUT2D eigenvalue weighted by Gasteiger charge is -2.30. The third-order valence-electron chi connectivity index (χ3n) is 12.6. The number of aromatic nitrogens is 2. The van der Waals surface area contributed by atoms with Gasteiger partial charge < -0.3 is 20.3 Å². The number of imidazole rings is 1. The van der Waals surface area contributed by atoms with Gasteiger partial charge in [-0.2, -0.15) is 18.2 Å². The van der Waals surface area contributed by atoms with Crippen molar-refractivity contribution in [3.8, 4) is 17.1 Å². The maximum Gasteiger partial charge on any atom is 0.416 e. The SMILES string of the molecule is CC(C)n1c(O[C@@H]2C[C@H]3C(=O)N[C@]4(C(=O)NS(=O)(=O)C5(C)CC5)C[C@H]4C=CCCCCC[C@H](Nc4ccccc4)C(=O)N3C2)nc2c(-c3cc(F)cc(C(F)(F)F)c3)cccc21. The molecular formula is C45H50F4N6O6S. The number of carbonyl (C=O) groups excluding carboxylic acids is 3. The minimum Gasteiger partial charge on any atom is -0.459 e. The summed E-state index contributed by atoms with van der Waals surface area (Å²) in [5.74, 6) is -3.38. The van der Waals surface area contributed by atoms with E-state index in [9.17, 15) is 40.4 Å². The molecule has 62 heavy (non-hydrogen) atoms. The van der Waals surface area contributed by atoms with E-state index in [-0.39, 0.29) is 54.0 Å². The van der Waals surface area contributed by atoms with Crippen LogP contribution in [0.5, 0.6) is 6.01 Å². The van der Waals surface area contributed by atoms with E-state index in [1.807, 2.05) is 56.3 Å². The van der Waals surface area contributed by atoms with E-state index in [0.29, 0.717) is 49.4 Å². The number of allylic oxidation sites excluding steroid dienone is 1. The Morgan fingerprint density at radius 1 is 1.02 bits per heavy atom. The molecule has 2 saturated carbocycles. The number of nitrogens with zero attached hydrogens (tertiary/aromatic N) is 3. The van der Waals surface area contributed by atoms with E-state index in [0.717, 1.165) is 25.0 Å². The van der Waals surface area contributed by atoms with E-state index < -0.39 is 73.8 Å². The van der Waals surface area contributed by atoms with Crippen LogP contribution in [0.3, 0.4) is 0 Å². The van der Waals surface area contributed by atoms with Crippen LogP contribution in [-0.4, -0.2) is 75.6 Å². The number of amides is 3. The largest absolute Gasteiger partial charge is 0.459 e. The Kier molecular flexibility index (Phi) is 11.4. The summed E-state index contributed by atoms with van der Waals surface area (Å²) in [7, 11) is -4.04. The second kappa shape index (κ2) is 16.3. The third-order valence-corrected chi connectivity index (χ3v) is 14.8. The average Bonchev–Trinajstić information content (AvgIpc) is 4.04. The lowest BCUT2D eigenvalue weighted by Crippen LogP contribution is -2.58. The number of anilines is 1. The van der Waals surface area contributed by atoms with Crippen LogP contribution in [0.25, 0.3) is 22.2 Å². The quantitative estimate of drug-likeness (QED) is 0.115. The fraction of sp³-hybridized carbons (Fsp3) is 0.467.